The molecule has 176 valence electrons. The van der Waals surface area contributed by atoms with Crippen molar-refractivity contribution in [2.75, 3.05) is 57.1 Å². The zero-order valence-electron chi connectivity index (χ0n) is 18.0. The van der Waals surface area contributed by atoms with Crippen molar-refractivity contribution in [2.24, 2.45) is 11.8 Å². The van der Waals surface area contributed by atoms with E-state index in [1.165, 1.54) is 25.3 Å². The van der Waals surface area contributed by atoms with Crippen molar-refractivity contribution in [2.45, 2.75) is 4.90 Å². The molecule has 0 aromatic heterocycles. The molecule has 4 rings (SSSR count). The van der Waals surface area contributed by atoms with E-state index in [4.69, 9.17) is 9.47 Å². The number of likely N-dealkylation sites (tertiary alicyclic amines) is 1. The fraction of sp³-hybridized carbons (Fsp3) is 0.429. The van der Waals surface area contributed by atoms with Crippen LogP contribution in [0.1, 0.15) is 0 Å². The Balaban J connectivity index is 0.00000289. The molecule has 2 aromatic rings. The van der Waals surface area contributed by atoms with Crippen molar-refractivity contribution in [3.05, 3.63) is 40.6 Å². The summed E-state index contributed by atoms with van der Waals surface area (Å²) in [5.41, 5.74) is 0.764. The molecule has 7 nitrogen and oxygen atoms in total. The fourth-order valence-corrected chi connectivity index (χ4v) is 6.06. The Kier molecular flexibility index (Phi) is 7.48. The van der Waals surface area contributed by atoms with Gasteiger partial charge in [0.15, 0.2) is 11.6 Å². The Morgan fingerprint density at radius 2 is 1.72 bits per heavy atom. The number of ether oxygens (including phenoxy) is 2. The molecule has 32 heavy (non-hydrogen) atoms. The molecular weight excluding hydrogens is 525 g/mol. The Bertz CT molecular complexity index is 1090. The van der Waals surface area contributed by atoms with E-state index >= 15 is 0 Å². The van der Waals surface area contributed by atoms with Crippen LogP contribution in [0.5, 0.6) is 11.5 Å². The molecule has 2 aromatic carbocycles. The number of fused-ring (bicyclic) bond motifs is 1. The molecule has 2 fully saturated rings. The average Bonchev–Trinajstić information content (AvgIpc) is 3.24. The van der Waals surface area contributed by atoms with Gasteiger partial charge in [0.05, 0.1) is 30.5 Å². The first-order valence-corrected chi connectivity index (χ1v) is 12.2. The van der Waals surface area contributed by atoms with Gasteiger partial charge >= 0.3 is 0 Å². The number of hydrogen-bond acceptors (Lipinski definition) is 6. The summed E-state index contributed by atoms with van der Waals surface area (Å²) in [4.78, 5) is 4.60. The third-order valence-corrected chi connectivity index (χ3v) is 7.75. The van der Waals surface area contributed by atoms with E-state index in [0.29, 0.717) is 22.1 Å². The minimum Gasteiger partial charge on any atom is -0.495 e. The van der Waals surface area contributed by atoms with Crippen LogP contribution in [0.25, 0.3) is 0 Å². The number of benzene rings is 2. The summed E-state index contributed by atoms with van der Waals surface area (Å²) in [5.74, 6) is 0.901. The van der Waals surface area contributed by atoms with Crippen LogP contribution in [0.3, 0.4) is 0 Å². The fourth-order valence-electron chi connectivity index (χ4n) is 4.56. The van der Waals surface area contributed by atoms with Gasteiger partial charge in [0, 0.05) is 30.7 Å². The summed E-state index contributed by atoms with van der Waals surface area (Å²) in [5, 5.41) is 0. The number of hydrogen-bond donors (Lipinski definition) is 1. The average molecular weight is 551 g/mol. The maximum atomic E-state index is 14.2. The van der Waals surface area contributed by atoms with Gasteiger partial charge in [0.1, 0.15) is 5.75 Å². The van der Waals surface area contributed by atoms with Gasteiger partial charge in [-0.3, -0.25) is 4.72 Å². The molecule has 11 heteroatoms. The Hall–Kier alpha value is -1.75. The van der Waals surface area contributed by atoms with Gasteiger partial charge in [0.2, 0.25) is 0 Å². The Labute approximate surface area is 202 Å². The number of rotatable bonds is 6. The van der Waals surface area contributed by atoms with Crippen molar-refractivity contribution in [1.29, 1.82) is 0 Å². The van der Waals surface area contributed by atoms with E-state index in [0.717, 1.165) is 31.9 Å². The number of anilines is 2. The molecule has 0 aliphatic carbocycles. The summed E-state index contributed by atoms with van der Waals surface area (Å²) in [6.45, 7) is 3.79. The summed E-state index contributed by atoms with van der Waals surface area (Å²) in [6, 6.07) is 7.43. The SMILES string of the molecule is COc1ccc(S(=O)(=O)Nc2cc(Br)cc(F)c2OC)cc1N1C[C@H]2CN(C)C[C@H]2C1.Cl. The molecule has 2 aliphatic rings. The number of sulfonamides is 1. The summed E-state index contributed by atoms with van der Waals surface area (Å²) >= 11 is 3.19. The second kappa shape index (κ2) is 9.62. The molecule has 2 saturated heterocycles. The first-order valence-electron chi connectivity index (χ1n) is 9.89. The molecule has 2 atom stereocenters. The zero-order chi connectivity index (χ0) is 22.3. The van der Waals surface area contributed by atoms with Gasteiger partial charge in [-0.15, -0.1) is 12.4 Å². The van der Waals surface area contributed by atoms with E-state index < -0.39 is 15.8 Å². The van der Waals surface area contributed by atoms with Gasteiger partial charge in [-0.1, -0.05) is 15.9 Å². The number of nitrogens with zero attached hydrogens (tertiary/aromatic N) is 2. The lowest BCUT2D eigenvalue weighted by atomic mass is 10.0. The van der Waals surface area contributed by atoms with E-state index in [9.17, 15) is 12.8 Å². The summed E-state index contributed by atoms with van der Waals surface area (Å²) < 4.78 is 53.8. The predicted octanol–water partition coefficient (Wildman–Crippen LogP) is 3.83. The number of methoxy groups -OCH3 is 2. The summed E-state index contributed by atoms with van der Waals surface area (Å²) in [7, 11) is 0.998. The highest BCUT2D eigenvalue weighted by molar-refractivity contribution is 9.10. The van der Waals surface area contributed by atoms with E-state index in [2.05, 4.69) is 37.5 Å². The van der Waals surface area contributed by atoms with Crippen molar-refractivity contribution < 1.29 is 22.3 Å². The highest BCUT2D eigenvalue weighted by Gasteiger charge is 2.39. The predicted molar refractivity (Wildman–Crippen MR) is 128 cm³/mol. The normalized spacial score (nSPS) is 20.6. The van der Waals surface area contributed by atoms with E-state index in [1.807, 2.05) is 0 Å². The molecule has 0 radical (unpaired) electrons. The Morgan fingerprint density at radius 3 is 2.31 bits per heavy atom. The van der Waals surface area contributed by atoms with Gasteiger partial charge < -0.3 is 19.3 Å². The zero-order valence-corrected chi connectivity index (χ0v) is 21.2. The van der Waals surface area contributed by atoms with Crippen molar-refractivity contribution >= 4 is 49.7 Å². The molecule has 2 heterocycles. The second-order valence-electron chi connectivity index (χ2n) is 8.05. The largest absolute Gasteiger partial charge is 0.495 e. The molecule has 0 unspecified atom stereocenters. The molecule has 1 N–H and O–H groups in total. The number of halogens is 3. The van der Waals surface area contributed by atoms with E-state index in [-0.39, 0.29) is 28.7 Å². The lowest BCUT2D eigenvalue weighted by Crippen LogP contribution is -2.27. The minimum atomic E-state index is -3.99. The van der Waals surface area contributed by atoms with Crippen LogP contribution in [0.4, 0.5) is 15.8 Å². The first-order chi connectivity index (χ1) is 14.7. The van der Waals surface area contributed by atoms with Gasteiger partial charge in [-0.05, 0) is 49.2 Å². The third-order valence-electron chi connectivity index (χ3n) is 5.93. The number of nitrogens with one attached hydrogen (secondary N) is 1. The van der Waals surface area contributed by atoms with Crippen LogP contribution in [-0.2, 0) is 10.0 Å². The monoisotopic (exact) mass is 549 g/mol. The Morgan fingerprint density at radius 1 is 1.06 bits per heavy atom. The van der Waals surface area contributed by atoms with E-state index in [1.54, 1.807) is 19.2 Å². The van der Waals surface area contributed by atoms with Crippen LogP contribution in [0.2, 0.25) is 0 Å². The van der Waals surface area contributed by atoms with Crippen LogP contribution in [0, 0.1) is 17.7 Å². The molecule has 2 aliphatic heterocycles. The lowest BCUT2D eigenvalue weighted by molar-refractivity contribution is 0.385. The highest BCUT2D eigenvalue weighted by atomic mass is 79.9. The standard InChI is InChI=1S/C21H25BrFN3O4S.ClH/c1-25-9-13-11-26(12-14(13)10-25)19-8-16(4-5-20(19)29-2)31(27,28)24-18-7-15(22)6-17(23)21(18)30-3;/h4-8,13-14,24H,9-12H2,1-3H3;1H/t13-,14+;. The topological polar surface area (TPSA) is 71.1 Å². The summed E-state index contributed by atoms with van der Waals surface area (Å²) in [6.07, 6.45) is 0. The maximum Gasteiger partial charge on any atom is 0.262 e. The quantitative estimate of drug-likeness (QED) is 0.590. The highest BCUT2D eigenvalue weighted by Crippen LogP contribution is 2.39. The van der Waals surface area contributed by atoms with Crippen molar-refractivity contribution in [1.82, 2.24) is 4.90 Å². The van der Waals surface area contributed by atoms with Gasteiger partial charge in [-0.2, -0.15) is 0 Å². The van der Waals surface area contributed by atoms with Crippen LogP contribution < -0.4 is 19.1 Å². The first kappa shape index (κ1) is 24.9. The molecule has 0 spiro atoms. The van der Waals surface area contributed by atoms with Crippen LogP contribution in [0.15, 0.2) is 39.7 Å². The third kappa shape index (κ3) is 4.78. The maximum absolute atomic E-state index is 14.2. The van der Waals surface area contributed by atoms with Crippen LogP contribution in [-0.4, -0.2) is 60.8 Å². The molecule has 0 bridgehead atoms. The van der Waals surface area contributed by atoms with Crippen molar-refractivity contribution in [3.8, 4) is 11.5 Å². The minimum absolute atomic E-state index is 0. The molecule has 0 amide bonds. The molecular formula is C21H26BrClFN3O4S. The lowest BCUT2D eigenvalue weighted by Gasteiger charge is -2.24. The van der Waals surface area contributed by atoms with Crippen molar-refractivity contribution in [3.63, 3.8) is 0 Å². The van der Waals surface area contributed by atoms with Crippen LogP contribution >= 0.6 is 28.3 Å². The smallest absolute Gasteiger partial charge is 0.262 e. The second-order valence-corrected chi connectivity index (χ2v) is 10.7. The molecule has 0 saturated carbocycles. The van der Waals surface area contributed by atoms with Gasteiger partial charge in [0.25, 0.3) is 10.0 Å². The van der Waals surface area contributed by atoms with Gasteiger partial charge in [-0.25, -0.2) is 12.8 Å².